The molecule has 0 aliphatic carbocycles. The van der Waals surface area contributed by atoms with Crippen LogP contribution in [0, 0.1) is 0 Å². The van der Waals surface area contributed by atoms with E-state index < -0.39 is 7.92 Å². The van der Waals surface area contributed by atoms with Crippen molar-refractivity contribution in [2.24, 2.45) is 0 Å². The number of carbonyl (C=O) groups excluding carboxylic acids is 2. The van der Waals surface area contributed by atoms with Gasteiger partial charge in [0.15, 0.2) is 24.1 Å². The fourth-order valence-electron chi connectivity index (χ4n) is 1.82. The van der Waals surface area contributed by atoms with Crippen LogP contribution in [0.25, 0.3) is 0 Å². The maximum absolute atomic E-state index is 10.7. The van der Waals surface area contributed by atoms with Crippen LogP contribution in [0.4, 0.5) is 0 Å². The lowest BCUT2D eigenvalue weighted by Crippen LogP contribution is -2.25. The zero-order valence-corrected chi connectivity index (χ0v) is 11.9. The molecule has 2 aromatic heterocycles. The fraction of sp³-hybridized carbons (Fsp3) is 0.286. The number of hydrogen-bond acceptors (Lipinski definition) is 4. The van der Waals surface area contributed by atoms with Crippen molar-refractivity contribution in [3.05, 3.63) is 35.8 Å². The van der Waals surface area contributed by atoms with Crippen molar-refractivity contribution in [1.29, 1.82) is 0 Å². The summed E-state index contributed by atoms with van der Waals surface area (Å²) in [7, 11) is -0.913. The van der Waals surface area contributed by atoms with Crippen molar-refractivity contribution in [3.63, 3.8) is 0 Å². The van der Waals surface area contributed by atoms with Gasteiger partial charge in [0.25, 0.3) is 0 Å². The molecule has 0 aromatic carbocycles. The zero-order chi connectivity index (χ0) is 14.0. The van der Waals surface area contributed by atoms with E-state index in [0.717, 1.165) is 11.0 Å². The van der Waals surface area contributed by atoms with Gasteiger partial charge in [-0.05, 0) is 29.4 Å². The molecular formula is C14H15O4P. The third-order valence-corrected chi connectivity index (χ3v) is 5.27. The molecule has 0 saturated heterocycles. The van der Waals surface area contributed by atoms with Gasteiger partial charge in [0, 0.05) is 7.92 Å². The second-order valence-corrected chi connectivity index (χ2v) is 7.99. The van der Waals surface area contributed by atoms with Crippen molar-refractivity contribution in [1.82, 2.24) is 0 Å². The normalized spacial score (nSPS) is 11.8. The van der Waals surface area contributed by atoms with Gasteiger partial charge < -0.3 is 8.83 Å². The minimum Gasteiger partial charge on any atom is -0.453 e. The van der Waals surface area contributed by atoms with Crippen LogP contribution < -0.4 is 11.0 Å². The molecule has 0 aliphatic heterocycles. The van der Waals surface area contributed by atoms with Crippen LogP contribution in [0.15, 0.2) is 33.1 Å². The summed E-state index contributed by atoms with van der Waals surface area (Å²) in [5.41, 5.74) is 1.44. The monoisotopic (exact) mass is 278 g/mol. The molecule has 2 aromatic rings. The van der Waals surface area contributed by atoms with Gasteiger partial charge in [-0.15, -0.1) is 0 Å². The van der Waals surface area contributed by atoms with E-state index in [9.17, 15) is 9.59 Å². The van der Waals surface area contributed by atoms with E-state index in [4.69, 9.17) is 8.83 Å². The molecule has 0 radical (unpaired) electrons. The molecule has 4 nitrogen and oxygen atoms in total. The summed E-state index contributed by atoms with van der Waals surface area (Å²) < 4.78 is 11.1. The third-order valence-electron chi connectivity index (χ3n) is 2.57. The lowest BCUT2D eigenvalue weighted by molar-refractivity contribution is 0.109. The van der Waals surface area contributed by atoms with Gasteiger partial charge in [-0.2, -0.15) is 0 Å². The van der Waals surface area contributed by atoms with E-state index in [0.29, 0.717) is 24.1 Å². The minimum absolute atomic E-state index is 0.106. The van der Waals surface area contributed by atoms with Gasteiger partial charge in [-0.25, -0.2) is 0 Å². The molecule has 0 saturated carbocycles. The van der Waals surface area contributed by atoms with Crippen molar-refractivity contribution >= 4 is 31.5 Å². The number of rotatable bonds is 4. The maximum Gasteiger partial charge on any atom is 0.185 e. The largest absolute Gasteiger partial charge is 0.453 e. The van der Waals surface area contributed by atoms with E-state index >= 15 is 0 Å². The van der Waals surface area contributed by atoms with Crippen molar-refractivity contribution in [2.45, 2.75) is 25.9 Å². The van der Waals surface area contributed by atoms with Gasteiger partial charge in [0.05, 0.1) is 0 Å². The standard InChI is InChI=1S/C14H15O4P/c1-14(2,3)19(12-6-4-10(8-15)17-12)13-7-5-11(9-16)18-13/h4-9H,1-3H3. The van der Waals surface area contributed by atoms with Gasteiger partial charge >= 0.3 is 0 Å². The fourth-order valence-corrected chi connectivity index (χ4v) is 4.20. The first-order valence-corrected chi connectivity index (χ1v) is 7.20. The molecular weight excluding hydrogens is 263 g/mol. The lowest BCUT2D eigenvalue weighted by Gasteiger charge is -2.27. The first-order valence-electron chi connectivity index (χ1n) is 5.86. The third kappa shape index (κ3) is 2.85. The highest BCUT2D eigenvalue weighted by molar-refractivity contribution is 7.73. The smallest absolute Gasteiger partial charge is 0.185 e. The summed E-state index contributed by atoms with van der Waals surface area (Å²) in [6.45, 7) is 6.22. The molecule has 2 heterocycles. The van der Waals surface area contributed by atoms with E-state index in [1.165, 1.54) is 0 Å². The van der Waals surface area contributed by atoms with Gasteiger partial charge in [0.2, 0.25) is 0 Å². The molecule has 0 amide bonds. The van der Waals surface area contributed by atoms with Crippen LogP contribution in [0.2, 0.25) is 0 Å². The Bertz CT molecular complexity index is 542. The lowest BCUT2D eigenvalue weighted by atomic mass is 10.3. The second kappa shape index (κ2) is 5.14. The van der Waals surface area contributed by atoms with Crippen molar-refractivity contribution in [2.75, 3.05) is 0 Å². The van der Waals surface area contributed by atoms with Gasteiger partial charge in [-0.3, -0.25) is 9.59 Å². The van der Waals surface area contributed by atoms with Crippen LogP contribution >= 0.6 is 7.92 Å². The number of carbonyl (C=O) groups is 2. The van der Waals surface area contributed by atoms with Crippen molar-refractivity contribution < 1.29 is 18.4 Å². The summed E-state index contributed by atoms with van der Waals surface area (Å²) in [6, 6.07) is 6.88. The molecule has 0 fully saturated rings. The first-order chi connectivity index (χ1) is 8.95. The predicted molar refractivity (Wildman–Crippen MR) is 74.1 cm³/mol. The number of aldehydes is 2. The summed E-state index contributed by atoms with van der Waals surface area (Å²) >= 11 is 0. The molecule has 0 unspecified atom stereocenters. The first kappa shape index (κ1) is 13.8. The van der Waals surface area contributed by atoms with E-state index in [2.05, 4.69) is 20.8 Å². The Labute approximate surface area is 112 Å². The molecule has 5 heteroatoms. The molecule has 0 atom stereocenters. The predicted octanol–water partition coefficient (Wildman–Crippen LogP) is 2.73. The average Bonchev–Trinajstić information content (AvgIpc) is 2.96. The van der Waals surface area contributed by atoms with Gasteiger partial charge in [0.1, 0.15) is 11.0 Å². The SMILES string of the molecule is CC(C)(C)P(c1ccc(C=O)o1)c1ccc(C=O)o1. The maximum atomic E-state index is 10.7. The van der Waals surface area contributed by atoms with Crippen molar-refractivity contribution in [3.8, 4) is 0 Å². The van der Waals surface area contributed by atoms with E-state index in [-0.39, 0.29) is 5.16 Å². The zero-order valence-electron chi connectivity index (χ0n) is 11.0. The summed E-state index contributed by atoms with van der Waals surface area (Å²) in [5.74, 6) is 0.600. The van der Waals surface area contributed by atoms with E-state index in [1.54, 1.807) is 24.3 Å². The van der Waals surface area contributed by atoms with Crippen LogP contribution in [0.3, 0.4) is 0 Å². The molecule has 0 N–H and O–H groups in total. The molecule has 19 heavy (non-hydrogen) atoms. The van der Waals surface area contributed by atoms with Crippen LogP contribution in [-0.2, 0) is 0 Å². The Balaban J connectivity index is 2.46. The Morgan fingerprint density at radius 3 is 1.58 bits per heavy atom. The highest BCUT2D eigenvalue weighted by Gasteiger charge is 2.33. The molecule has 0 spiro atoms. The Kier molecular flexibility index (Phi) is 3.72. The summed E-state index contributed by atoms with van der Waals surface area (Å²) in [4.78, 5) is 21.4. The van der Waals surface area contributed by atoms with Crippen LogP contribution in [0.5, 0.6) is 0 Å². The number of hydrogen-bond donors (Lipinski definition) is 0. The number of furan rings is 2. The highest BCUT2D eigenvalue weighted by atomic mass is 31.1. The molecule has 0 bridgehead atoms. The Morgan fingerprint density at radius 1 is 0.895 bits per heavy atom. The van der Waals surface area contributed by atoms with Gasteiger partial charge in [-0.1, -0.05) is 20.8 Å². The molecule has 100 valence electrons. The topological polar surface area (TPSA) is 60.4 Å². The minimum atomic E-state index is -0.913. The Hall–Kier alpha value is -1.67. The summed E-state index contributed by atoms with van der Waals surface area (Å²) in [5, 5.41) is -0.106. The van der Waals surface area contributed by atoms with E-state index in [1.807, 2.05) is 0 Å². The molecule has 2 rings (SSSR count). The van der Waals surface area contributed by atoms with Crippen LogP contribution in [-0.4, -0.2) is 17.7 Å². The molecule has 0 aliphatic rings. The highest BCUT2D eigenvalue weighted by Crippen LogP contribution is 2.47. The Morgan fingerprint density at radius 2 is 1.32 bits per heavy atom. The average molecular weight is 278 g/mol. The quantitative estimate of drug-likeness (QED) is 0.637. The second-order valence-electron chi connectivity index (χ2n) is 5.09. The van der Waals surface area contributed by atoms with Crippen LogP contribution in [0.1, 0.15) is 41.9 Å². The summed E-state index contributed by atoms with van der Waals surface area (Å²) in [6.07, 6.45) is 1.36.